The van der Waals surface area contributed by atoms with Gasteiger partial charge in [-0.1, -0.05) is 12.1 Å². The summed E-state index contributed by atoms with van der Waals surface area (Å²) in [5.74, 6) is -0.290. The summed E-state index contributed by atoms with van der Waals surface area (Å²) in [6, 6.07) is 7.38. The number of carbonyl (C=O) groups excluding carboxylic acids is 1. The Morgan fingerprint density at radius 2 is 2.19 bits per heavy atom. The van der Waals surface area contributed by atoms with Crippen LogP contribution in [0.4, 0.5) is 0 Å². The summed E-state index contributed by atoms with van der Waals surface area (Å²) in [6.07, 6.45) is 3.67. The first-order chi connectivity index (χ1) is 9.94. The number of carboxylic acids is 1. The number of carbonyl (C=O) groups is 2. The molecule has 1 saturated heterocycles. The zero-order chi connectivity index (χ0) is 15.5. The molecule has 5 nitrogen and oxygen atoms in total. The first kappa shape index (κ1) is 15.1. The van der Waals surface area contributed by atoms with Gasteiger partial charge in [0.15, 0.2) is 0 Å². The Balaban J connectivity index is 2.02. The van der Waals surface area contributed by atoms with Crippen molar-refractivity contribution in [3.05, 3.63) is 35.9 Å². The van der Waals surface area contributed by atoms with E-state index in [4.69, 9.17) is 9.84 Å². The van der Waals surface area contributed by atoms with Gasteiger partial charge in [0.25, 0.3) is 0 Å². The quantitative estimate of drug-likeness (QED) is 0.861. The molecule has 1 amide bonds. The second-order valence-corrected chi connectivity index (χ2v) is 5.49. The molecule has 0 spiro atoms. The number of nitrogens with zero attached hydrogens (tertiary/aromatic N) is 1. The monoisotopic (exact) mass is 289 g/mol. The van der Waals surface area contributed by atoms with Crippen molar-refractivity contribution in [2.24, 2.45) is 5.41 Å². The Morgan fingerprint density at radius 1 is 1.43 bits per heavy atom. The van der Waals surface area contributed by atoms with Crippen molar-refractivity contribution in [2.45, 2.75) is 13.3 Å². The lowest BCUT2D eigenvalue weighted by Gasteiger charge is -2.18. The lowest BCUT2D eigenvalue weighted by molar-refractivity contribution is -0.147. The highest BCUT2D eigenvalue weighted by molar-refractivity contribution is 5.92. The fourth-order valence-electron chi connectivity index (χ4n) is 2.34. The number of hydrogen-bond acceptors (Lipinski definition) is 3. The topological polar surface area (TPSA) is 66.8 Å². The molecule has 112 valence electrons. The van der Waals surface area contributed by atoms with Gasteiger partial charge in [0.1, 0.15) is 5.75 Å². The smallest absolute Gasteiger partial charge is 0.311 e. The fraction of sp³-hybridized carbons (Fsp3) is 0.375. The summed E-state index contributed by atoms with van der Waals surface area (Å²) in [5.41, 5.74) is 0.0299. The summed E-state index contributed by atoms with van der Waals surface area (Å²) in [7, 11) is 1.59. The SMILES string of the molecule is COc1cccc(C=CC(=O)N2CCC(C)(C(=O)O)C2)c1. The first-order valence-electron chi connectivity index (χ1n) is 6.79. The third-order valence-corrected chi connectivity index (χ3v) is 3.81. The van der Waals surface area contributed by atoms with Crippen molar-refractivity contribution in [1.82, 2.24) is 4.90 Å². The van der Waals surface area contributed by atoms with Crippen molar-refractivity contribution in [3.8, 4) is 5.75 Å². The molecule has 1 heterocycles. The Kier molecular flexibility index (Phi) is 4.31. The van der Waals surface area contributed by atoms with Crippen molar-refractivity contribution in [2.75, 3.05) is 20.2 Å². The van der Waals surface area contributed by atoms with E-state index >= 15 is 0 Å². The van der Waals surface area contributed by atoms with Gasteiger partial charge in [-0.25, -0.2) is 0 Å². The number of aliphatic carboxylic acids is 1. The fourth-order valence-corrected chi connectivity index (χ4v) is 2.34. The standard InChI is InChI=1S/C16H19NO4/c1-16(15(19)20)8-9-17(11-16)14(18)7-6-12-4-3-5-13(10-12)21-2/h3-7,10H,8-9,11H2,1-2H3,(H,19,20). The van der Waals surface area contributed by atoms with Crippen LogP contribution in [0.2, 0.25) is 0 Å². The summed E-state index contributed by atoms with van der Waals surface area (Å²) >= 11 is 0. The zero-order valence-corrected chi connectivity index (χ0v) is 12.2. The average molecular weight is 289 g/mol. The Morgan fingerprint density at radius 3 is 2.81 bits per heavy atom. The van der Waals surface area contributed by atoms with Crippen LogP contribution < -0.4 is 4.74 Å². The van der Waals surface area contributed by atoms with Crippen LogP contribution in [0.5, 0.6) is 5.75 Å². The maximum atomic E-state index is 12.1. The van der Waals surface area contributed by atoms with Crippen molar-refractivity contribution in [1.29, 1.82) is 0 Å². The summed E-state index contributed by atoms with van der Waals surface area (Å²) in [6.45, 7) is 2.40. The maximum absolute atomic E-state index is 12.1. The lowest BCUT2D eigenvalue weighted by Crippen LogP contribution is -2.34. The van der Waals surface area contributed by atoms with Crippen LogP contribution in [0.1, 0.15) is 18.9 Å². The van der Waals surface area contributed by atoms with E-state index in [0.717, 1.165) is 11.3 Å². The highest BCUT2D eigenvalue weighted by Gasteiger charge is 2.41. The molecular formula is C16H19NO4. The van der Waals surface area contributed by atoms with Gasteiger partial charge >= 0.3 is 5.97 Å². The summed E-state index contributed by atoms with van der Waals surface area (Å²) < 4.78 is 5.12. The van der Waals surface area contributed by atoms with Gasteiger partial charge in [0.2, 0.25) is 5.91 Å². The van der Waals surface area contributed by atoms with Crippen LogP contribution >= 0.6 is 0 Å². The van der Waals surface area contributed by atoms with E-state index in [0.29, 0.717) is 13.0 Å². The van der Waals surface area contributed by atoms with E-state index in [1.54, 1.807) is 25.0 Å². The molecule has 1 unspecified atom stereocenters. The number of likely N-dealkylation sites (tertiary alicyclic amines) is 1. The van der Waals surface area contributed by atoms with Crippen LogP contribution in [-0.2, 0) is 9.59 Å². The largest absolute Gasteiger partial charge is 0.497 e. The molecule has 0 aliphatic carbocycles. The van der Waals surface area contributed by atoms with E-state index in [1.807, 2.05) is 24.3 Å². The van der Waals surface area contributed by atoms with E-state index in [2.05, 4.69) is 0 Å². The van der Waals surface area contributed by atoms with Gasteiger partial charge in [-0.05, 0) is 37.1 Å². The van der Waals surface area contributed by atoms with Gasteiger partial charge < -0.3 is 14.7 Å². The van der Waals surface area contributed by atoms with E-state index < -0.39 is 11.4 Å². The molecule has 1 N–H and O–H groups in total. The number of ether oxygens (including phenoxy) is 1. The molecule has 0 saturated carbocycles. The molecule has 1 aliphatic rings. The highest BCUT2D eigenvalue weighted by Crippen LogP contribution is 2.30. The first-order valence-corrected chi connectivity index (χ1v) is 6.79. The minimum absolute atomic E-state index is 0.164. The minimum atomic E-state index is -0.852. The van der Waals surface area contributed by atoms with Crippen molar-refractivity contribution in [3.63, 3.8) is 0 Å². The van der Waals surface area contributed by atoms with Gasteiger partial charge in [-0.2, -0.15) is 0 Å². The van der Waals surface area contributed by atoms with E-state index in [9.17, 15) is 9.59 Å². The molecule has 1 aromatic carbocycles. The maximum Gasteiger partial charge on any atom is 0.311 e. The molecule has 21 heavy (non-hydrogen) atoms. The summed E-state index contributed by atoms with van der Waals surface area (Å²) in [4.78, 5) is 24.8. The van der Waals surface area contributed by atoms with Crippen LogP contribution in [0.25, 0.3) is 6.08 Å². The number of rotatable bonds is 4. The molecule has 1 fully saturated rings. The average Bonchev–Trinajstić information content (AvgIpc) is 2.89. The van der Waals surface area contributed by atoms with Crippen molar-refractivity contribution < 1.29 is 19.4 Å². The number of benzene rings is 1. The molecule has 1 atom stereocenters. The number of amides is 1. The Hall–Kier alpha value is -2.30. The van der Waals surface area contributed by atoms with Gasteiger partial charge in [0.05, 0.1) is 12.5 Å². The van der Waals surface area contributed by atoms with E-state index in [1.165, 1.54) is 6.08 Å². The van der Waals surface area contributed by atoms with Crippen LogP contribution in [-0.4, -0.2) is 42.1 Å². The Labute approximate surface area is 123 Å². The van der Waals surface area contributed by atoms with Gasteiger partial charge in [-0.3, -0.25) is 9.59 Å². The van der Waals surface area contributed by atoms with Crippen LogP contribution in [0.3, 0.4) is 0 Å². The van der Waals surface area contributed by atoms with Crippen LogP contribution in [0, 0.1) is 5.41 Å². The zero-order valence-electron chi connectivity index (χ0n) is 12.2. The number of hydrogen-bond donors (Lipinski definition) is 1. The second-order valence-electron chi connectivity index (χ2n) is 5.49. The molecule has 2 rings (SSSR count). The Bertz CT molecular complexity index is 581. The molecule has 1 aromatic rings. The highest BCUT2D eigenvalue weighted by atomic mass is 16.5. The minimum Gasteiger partial charge on any atom is -0.497 e. The second kappa shape index (κ2) is 5.99. The number of methoxy groups -OCH3 is 1. The van der Waals surface area contributed by atoms with E-state index in [-0.39, 0.29) is 12.5 Å². The molecule has 5 heteroatoms. The predicted molar refractivity (Wildman–Crippen MR) is 79.0 cm³/mol. The third-order valence-electron chi connectivity index (χ3n) is 3.81. The molecule has 1 aliphatic heterocycles. The summed E-state index contributed by atoms with van der Waals surface area (Å²) in [5, 5.41) is 9.17. The lowest BCUT2D eigenvalue weighted by atomic mass is 9.90. The molecular weight excluding hydrogens is 270 g/mol. The van der Waals surface area contributed by atoms with Gasteiger partial charge in [-0.15, -0.1) is 0 Å². The van der Waals surface area contributed by atoms with Gasteiger partial charge in [0, 0.05) is 19.2 Å². The third kappa shape index (κ3) is 3.42. The molecule has 0 bridgehead atoms. The predicted octanol–water partition coefficient (Wildman–Crippen LogP) is 2.03. The van der Waals surface area contributed by atoms with Crippen molar-refractivity contribution >= 4 is 18.0 Å². The normalized spacial score (nSPS) is 21.7. The number of carboxylic acid groups (broad SMARTS) is 1. The molecule has 0 aromatic heterocycles. The van der Waals surface area contributed by atoms with Crippen LogP contribution in [0.15, 0.2) is 30.3 Å². The molecule has 0 radical (unpaired) electrons.